The molecule has 7 heteroatoms. The van der Waals surface area contributed by atoms with Crippen LogP contribution in [0.4, 0.5) is 17.2 Å². The van der Waals surface area contributed by atoms with Crippen LogP contribution in [0.5, 0.6) is 0 Å². The molecule has 6 rings (SSSR count). The number of carbonyl (C=O) groups is 2. The van der Waals surface area contributed by atoms with Crippen molar-refractivity contribution in [1.29, 1.82) is 0 Å². The zero-order valence-corrected chi connectivity index (χ0v) is 22.4. The molecule has 0 aliphatic carbocycles. The van der Waals surface area contributed by atoms with Crippen LogP contribution in [0.3, 0.4) is 0 Å². The summed E-state index contributed by atoms with van der Waals surface area (Å²) in [5, 5.41) is 2.95. The Morgan fingerprint density at radius 3 is 2.33 bits per heavy atom. The van der Waals surface area contributed by atoms with E-state index in [1.807, 2.05) is 95.9 Å². The number of benzene rings is 3. The van der Waals surface area contributed by atoms with E-state index in [0.717, 1.165) is 67.9 Å². The number of hydrogen-bond acceptors (Lipinski definition) is 5. The topological polar surface area (TPSA) is 91.6 Å². The molecule has 0 saturated carbocycles. The molecule has 202 valence electrons. The number of nitrogens with one attached hydrogen (secondary N) is 1. The molecule has 4 aromatic rings. The zero-order valence-electron chi connectivity index (χ0n) is 22.4. The SMILES string of the molecule is Nc1ccc(-c2ccccc2)cc1NC(=O)c1ccc(N2CCCC3(CCN(C(=O)c4ccccc4)C3)C2)nc1. The summed E-state index contributed by atoms with van der Waals surface area (Å²) in [6, 6.07) is 28.9. The summed E-state index contributed by atoms with van der Waals surface area (Å²) in [6.07, 6.45) is 4.77. The highest BCUT2D eigenvalue weighted by atomic mass is 16.2. The summed E-state index contributed by atoms with van der Waals surface area (Å²) >= 11 is 0. The molecule has 0 bridgehead atoms. The zero-order chi connectivity index (χ0) is 27.5. The van der Waals surface area contributed by atoms with Crippen molar-refractivity contribution in [3.05, 3.63) is 108 Å². The number of amides is 2. The highest BCUT2D eigenvalue weighted by molar-refractivity contribution is 6.06. The van der Waals surface area contributed by atoms with Gasteiger partial charge in [-0.2, -0.15) is 0 Å². The van der Waals surface area contributed by atoms with Crippen LogP contribution in [0.2, 0.25) is 0 Å². The first-order valence-electron chi connectivity index (χ1n) is 13.8. The fourth-order valence-corrected chi connectivity index (χ4v) is 5.98. The van der Waals surface area contributed by atoms with Crippen LogP contribution < -0.4 is 16.0 Å². The number of piperidine rings is 1. The van der Waals surface area contributed by atoms with E-state index in [2.05, 4.69) is 15.2 Å². The Bertz CT molecular complexity index is 1510. The molecule has 3 heterocycles. The highest BCUT2D eigenvalue weighted by Gasteiger charge is 2.43. The predicted molar refractivity (Wildman–Crippen MR) is 159 cm³/mol. The van der Waals surface area contributed by atoms with E-state index in [0.29, 0.717) is 16.9 Å². The second kappa shape index (κ2) is 10.8. The van der Waals surface area contributed by atoms with E-state index >= 15 is 0 Å². The Kier molecular flexibility index (Phi) is 6.95. The minimum Gasteiger partial charge on any atom is -0.397 e. The Balaban J connectivity index is 1.11. The van der Waals surface area contributed by atoms with Crippen LogP contribution in [-0.4, -0.2) is 47.9 Å². The highest BCUT2D eigenvalue weighted by Crippen LogP contribution is 2.40. The number of nitrogens with two attached hydrogens (primary N) is 1. The van der Waals surface area contributed by atoms with Crippen molar-refractivity contribution in [2.45, 2.75) is 19.3 Å². The number of carbonyl (C=O) groups excluding carboxylic acids is 2. The van der Waals surface area contributed by atoms with Gasteiger partial charge in [0, 0.05) is 43.4 Å². The van der Waals surface area contributed by atoms with Crippen molar-refractivity contribution in [2.75, 3.05) is 42.1 Å². The number of aromatic nitrogens is 1. The number of pyridine rings is 1. The Labute approximate surface area is 234 Å². The lowest BCUT2D eigenvalue weighted by molar-refractivity contribution is 0.0767. The molecule has 40 heavy (non-hydrogen) atoms. The second-order valence-corrected chi connectivity index (χ2v) is 10.9. The smallest absolute Gasteiger partial charge is 0.257 e. The molecule has 3 N–H and O–H groups in total. The van der Waals surface area contributed by atoms with Gasteiger partial charge < -0.3 is 20.9 Å². The fraction of sp³-hybridized carbons (Fsp3) is 0.242. The van der Waals surface area contributed by atoms with Gasteiger partial charge in [0.05, 0.1) is 16.9 Å². The molecular weight excluding hydrogens is 498 g/mol. The first-order chi connectivity index (χ1) is 19.5. The van der Waals surface area contributed by atoms with Gasteiger partial charge in [0.1, 0.15) is 5.82 Å². The first kappa shape index (κ1) is 25.6. The number of rotatable bonds is 5. The summed E-state index contributed by atoms with van der Waals surface area (Å²) < 4.78 is 0. The van der Waals surface area contributed by atoms with Gasteiger partial charge in [0.25, 0.3) is 11.8 Å². The third-order valence-corrected chi connectivity index (χ3v) is 8.15. The van der Waals surface area contributed by atoms with E-state index in [1.54, 1.807) is 6.20 Å². The van der Waals surface area contributed by atoms with Crippen LogP contribution in [0.15, 0.2) is 97.2 Å². The van der Waals surface area contributed by atoms with Crippen LogP contribution in [0, 0.1) is 5.41 Å². The van der Waals surface area contributed by atoms with Gasteiger partial charge in [0.2, 0.25) is 0 Å². The summed E-state index contributed by atoms with van der Waals surface area (Å²) in [5.41, 5.74) is 10.6. The van der Waals surface area contributed by atoms with Crippen molar-refractivity contribution in [1.82, 2.24) is 9.88 Å². The molecular formula is C33H33N5O2. The second-order valence-electron chi connectivity index (χ2n) is 10.9. The van der Waals surface area contributed by atoms with Gasteiger partial charge in [-0.15, -0.1) is 0 Å². The summed E-state index contributed by atoms with van der Waals surface area (Å²) in [5.74, 6) is 0.712. The lowest BCUT2D eigenvalue weighted by atomic mass is 9.79. The fourth-order valence-electron chi connectivity index (χ4n) is 5.98. The monoisotopic (exact) mass is 531 g/mol. The van der Waals surface area contributed by atoms with Crippen molar-refractivity contribution in [3.8, 4) is 11.1 Å². The molecule has 1 unspecified atom stereocenters. The molecule has 7 nitrogen and oxygen atoms in total. The quantitative estimate of drug-likeness (QED) is 0.322. The molecule has 0 radical (unpaired) electrons. The molecule has 1 spiro atoms. The lowest BCUT2D eigenvalue weighted by Crippen LogP contribution is -2.45. The summed E-state index contributed by atoms with van der Waals surface area (Å²) in [6.45, 7) is 3.31. The van der Waals surface area contributed by atoms with E-state index in [1.165, 1.54) is 0 Å². The van der Waals surface area contributed by atoms with Crippen LogP contribution >= 0.6 is 0 Å². The molecule has 1 aromatic heterocycles. The molecule has 2 fully saturated rings. The standard InChI is InChI=1S/C33H33N5O2/c34-28-14-12-26(24-8-3-1-4-9-24)20-29(28)36-31(39)27-13-15-30(35-21-27)37-18-7-16-33(22-37)17-19-38(23-33)32(40)25-10-5-2-6-11-25/h1-6,8-15,20-21H,7,16-19,22-23,34H2,(H,36,39). The van der Waals surface area contributed by atoms with Gasteiger partial charge in [0.15, 0.2) is 0 Å². The number of nitrogen functional groups attached to an aromatic ring is 1. The normalized spacial score (nSPS) is 18.6. The minimum atomic E-state index is -0.253. The molecule has 2 aliphatic rings. The summed E-state index contributed by atoms with van der Waals surface area (Å²) in [4.78, 5) is 35.0. The average Bonchev–Trinajstić information content (AvgIpc) is 3.41. The maximum atomic E-state index is 13.1. The third kappa shape index (κ3) is 5.27. The average molecular weight is 532 g/mol. The van der Waals surface area contributed by atoms with Crippen LogP contribution in [0.1, 0.15) is 40.0 Å². The van der Waals surface area contributed by atoms with Gasteiger partial charge in [-0.1, -0.05) is 54.6 Å². The minimum absolute atomic E-state index is 0.0711. The maximum Gasteiger partial charge on any atom is 0.257 e. The molecule has 2 amide bonds. The van der Waals surface area contributed by atoms with Crippen LogP contribution in [-0.2, 0) is 0 Å². The Morgan fingerprint density at radius 1 is 0.800 bits per heavy atom. The predicted octanol–water partition coefficient (Wildman–Crippen LogP) is 5.72. The molecule has 1 atom stereocenters. The van der Waals surface area contributed by atoms with E-state index in [4.69, 9.17) is 5.73 Å². The van der Waals surface area contributed by atoms with Crippen molar-refractivity contribution >= 4 is 29.0 Å². The van der Waals surface area contributed by atoms with Crippen LogP contribution in [0.25, 0.3) is 11.1 Å². The largest absolute Gasteiger partial charge is 0.397 e. The van der Waals surface area contributed by atoms with Gasteiger partial charge >= 0.3 is 0 Å². The van der Waals surface area contributed by atoms with E-state index in [-0.39, 0.29) is 17.2 Å². The Hall–Kier alpha value is -4.65. The lowest BCUT2D eigenvalue weighted by Gasteiger charge is -2.41. The number of anilines is 3. The number of nitrogens with zero attached hydrogens (tertiary/aromatic N) is 3. The Morgan fingerprint density at radius 2 is 1.57 bits per heavy atom. The summed E-state index contributed by atoms with van der Waals surface area (Å²) in [7, 11) is 0. The van der Waals surface area contributed by atoms with Gasteiger partial charge in [-0.25, -0.2) is 4.98 Å². The first-order valence-corrected chi connectivity index (χ1v) is 13.8. The molecule has 2 aliphatic heterocycles. The number of hydrogen-bond donors (Lipinski definition) is 2. The van der Waals surface area contributed by atoms with Gasteiger partial charge in [-0.05, 0) is 66.8 Å². The van der Waals surface area contributed by atoms with Crippen molar-refractivity contribution < 1.29 is 9.59 Å². The van der Waals surface area contributed by atoms with E-state index in [9.17, 15) is 9.59 Å². The number of likely N-dealkylation sites (tertiary alicyclic amines) is 1. The molecule has 2 saturated heterocycles. The van der Waals surface area contributed by atoms with Crippen molar-refractivity contribution in [3.63, 3.8) is 0 Å². The van der Waals surface area contributed by atoms with Gasteiger partial charge in [-0.3, -0.25) is 9.59 Å². The molecule has 3 aromatic carbocycles. The van der Waals surface area contributed by atoms with Crippen molar-refractivity contribution in [2.24, 2.45) is 5.41 Å². The third-order valence-electron chi connectivity index (χ3n) is 8.15. The van der Waals surface area contributed by atoms with E-state index < -0.39 is 0 Å². The maximum absolute atomic E-state index is 13.1.